The lowest BCUT2D eigenvalue weighted by Crippen LogP contribution is -2.61. The Morgan fingerprint density at radius 2 is 1.17 bits per heavy atom. The molecule has 1 aromatic carbocycles. The fraction of sp³-hybridized carbons (Fsp3) is 0.625. The van der Waals surface area contributed by atoms with Crippen LogP contribution in [0.25, 0.3) is 4.13 Å². The fourth-order valence-corrected chi connectivity index (χ4v) is 6.29. The highest BCUT2D eigenvalue weighted by atomic mass is 32.3. The minimum Gasteiger partial charge on any atom is -0.423 e. The predicted octanol–water partition coefficient (Wildman–Crippen LogP) is 4.82. The molecule has 20 heteroatoms. The van der Waals surface area contributed by atoms with Gasteiger partial charge in [0.05, 0.1) is 0 Å². The standard InChI is InChI=1S/C16H15F9NO7S3/c17-13(18,14(19,20)34(27,28)26-35(29,30)16(23,24)25)15(21,22)36(31,32)33-12-8-6-11(7-9-12)10-4-2-1-3-5-10/h6-10H,1-5H2/q-1. The van der Waals surface area contributed by atoms with E-state index in [1.54, 1.807) is 0 Å². The number of benzene rings is 1. The Balaban J connectivity index is 2.36. The predicted molar refractivity (Wildman–Crippen MR) is 104 cm³/mol. The summed E-state index contributed by atoms with van der Waals surface area (Å²) >= 11 is 0. The number of halogens is 9. The molecular formula is C16H15F9NO7S3-. The van der Waals surface area contributed by atoms with Gasteiger partial charge in [-0.3, -0.25) is 0 Å². The zero-order valence-electron chi connectivity index (χ0n) is 17.4. The molecule has 0 bridgehead atoms. The van der Waals surface area contributed by atoms with Crippen LogP contribution in [0.3, 0.4) is 0 Å². The molecule has 1 fully saturated rings. The molecule has 1 aliphatic carbocycles. The Morgan fingerprint density at radius 3 is 1.61 bits per heavy atom. The third kappa shape index (κ3) is 5.40. The van der Waals surface area contributed by atoms with Crippen molar-refractivity contribution in [2.24, 2.45) is 0 Å². The van der Waals surface area contributed by atoms with Crippen molar-refractivity contribution < 1.29 is 69.0 Å². The van der Waals surface area contributed by atoms with E-state index in [9.17, 15) is 64.8 Å². The van der Waals surface area contributed by atoms with Crippen molar-refractivity contribution in [1.29, 1.82) is 0 Å². The van der Waals surface area contributed by atoms with Gasteiger partial charge in [-0.25, -0.2) is 16.8 Å². The van der Waals surface area contributed by atoms with Gasteiger partial charge in [-0.2, -0.15) is 47.9 Å². The Morgan fingerprint density at radius 1 is 0.694 bits per heavy atom. The number of hydrogen-bond donors (Lipinski definition) is 0. The van der Waals surface area contributed by atoms with Gasteiger partial charge in [0.15, 0.2) is 20.0 Å². The summed E-state index contributed by atoms with van der Waals surface area (Å²) in [5.74, 6) is -8.62. The highest BCUT2D eigenvalue weighted by Crippen LogP contribution is 2.53. The second kappa shape index (κ2) is 9.50. The molecule has 0 aromatic heterocycles. The van der Waals surface area contributed by atoms with E-state index in [0.29, 0.717) is 9.69 Å². The van der Waals surface area contributed by atoms with E-state index in [-0.39, 0.29) is 5.92 Å². The van der Waals surface area contributed by atoms with E-state index in [1.807, 2.05) is 0 Å². The average molecular weight is 600 g/mol. The quantitative estimate of drug-likeness (QED) is 0.294. The summed E-state index contributed by atoms with van der Waals surface area (Å²) in [4.78, 5) is 0. The van der Waals surface area contributed by atoms with Crippen molar-refractivity contribution in [3.8, 4) is 5.75 Å². The van der Waals surface area contributed by atoms with Crippen LogP contribution in [0, 0.1) is 0 Å². The van der Waals surface area contributed by atoms with E-state index < -0.39 is 57.9 Å². The van der Waals surface area contributed by atoms with Crippen molar-refractivity contribution in [1.82, 2.24) is 0 Å². The first kappa shape index (κ1) is 30.4. The zero-order valence-corrected chi connectivity index (χ0v) is 19.8. The van der Waals surface area contributed by atoms with Crippen molar-refractivity contribution in [3.63, 3.8) is 0 Å². The molecule has 1 aliphatic rings. The van der Waals surface area contributed by atoms with Gasteiger partial charge >= 0.3 is 32.1 Å². The Labute approximate surface area is 199 Å². The van der Waals surface area contributed by atoms with Gasteiger partial charge in [-0.1, -0.05) is 31.4 Å². The largest absolute Gasteiger partial charge is 0.480 e. The lowest BCUT2D eigenvalue weighted by molar-refractivity contribution is -0.245. The molecule has 0 radical (unpaired) electrons. The molecule has 0 N–H and O–H groups in total. The van der Waals surface area contributed by atoms with Gasteiger partial charge < -0.3 is 8.31 Å². The van der Waals surface area contributed by atoms with Crippen LogP contribution < -0.4 is 4.18 Å². The Bertz CT molecular complexity index is 1270. The number of rotatable bonds is 9. The summed E-state index contributed by atoms with van der Waals surface area (Å²) in [5, 5.41) is -14.6. The van der Waals surface area contributed by atoms with E-state index in [1.165, 1.54) is 12.1 Å². The second-order valence-electron chi connectivity index (χ2n) is 7.52. The summed E-state index contributed by atoms with van der Waals surface area (Å²) in [6.07, 6.45) is 4.18. The molecule has 0 saturated heterocycles. The number of sulfonamides is 2. The van der Waals surface area contributed by atoms with Crippen LogP contribution in [0.5, 0.6) is 5.75 Å². The molecule has 0 atom stereocenters. The smallest absolute Gasteiger partial charge is 0.423 e. The van der Waals surface area contributed by atoms with E-state index in [4.69, 9.17) is 0 Å². The molecule has 8 nitrogen and oxygen atoms in total. The summed E-state index contributed by atoms with van der Waals surface area (Å²) in [7, 11) is -22.6. The van der Waals surface area contributed by atoms with Crippen molar-refractivity contribution in [2.75, 3.05) is 0 Å². The molecule has 0 heterocycles. The fourth-order valence-electron chi connectivity index (χ4n) is 3.12. The van der Waals surface area contributed by atoms with Crippen LogP contribution in [-0.4, -0.2) is 47.2 Å². The van der Waals surface area contributed by atoms with Gasteiger partial charge in [-0.15, -0.1) is 0 Å². The number of alkyl halides is 9. The molecule has 208 valence electrons. The average Bonchev–Trinajstić information content (AvgIpc) is 2.72. The topological polar surface area (TPSA) is 126 Å². The minimum absolute atomic E-state index is 0.0100. The molecule has 0 amide bonds. The normalized spacial score (nSPS) is 17.7. The maximum atomic E-state index is 14.1. The molecule has 1 aromatic rings. The van der Waals surface area contributed by atoms with Gasteiger partial charge in [0.25, 0.3) is 0 Å². The third-order valence-electron chi connectivity index (χ3n) is 5.02. The maximum Gasteiger partial charge on any atom is 0.480 e. The monoisotopic (exact) mass is 600 g/mol. The SMILES string of the molecule is O=S(=O)([N-]S(=O)(=O)C(F)(F)C(F)(F)C(F)(F)S(=O)(=O)Oc1ccc(C2CCCCC2)cc1)C(F)(F)F. The van der Waals surface area contributed by atoms with Crippen molar-refractivity contribution in [3.05, 3.63) is 34.0 Å². The Kier molecular flexibility index (Phi) is 8.03. The third-order valence-corrected chi connectivity index (χ3v) is 9.38. The van der Waals surface area contributed by atoms with E-state index >= 15 is 0 Å². The number of hydrogen-bond acceptors (Lipinski definition) is 7. The number of nitrogens with zero attached hydrogens (tertiary/aromatic N) is 1. The molecule has 0 aliphatic heterocycles. The van der Waals surface area contributed by atoms with E-state index in [2.05, 4.69) is 4.18 Å². The summed E-state index contributed by atoms with van der Waals surface area (Å²) in [5.41, 5.74) is -6.10. The van der Waals surface area contributed by atoms with Crippen molar-refractivity contribution in [2.45, 2.75) is 60.0 Å². The molecular weight excluding hydrogens is 585 g/mol. The van der Waals surface area contributed by atoms with Crippen LogP contribution in [0.2, 0.25) is 0 Å². The van der Waals surface area contributed by atoms with Gasteiger partial charge in [-0.05, 0) is 36.5 Å². The molecule has 36 heavy (non-hydrogen) atoms. The lowest BCUT2D eigenvalue weighted by atomic mass is 9.84. The van der Waals surface area contributed by atoms with Crippen molar-refractivity contribution >= 4 is 30.2 Å². The Hall–Kier alpha value is -1.80. The van der Waals surface area contributed by atoms with E-state index in [0.717, 1.165) is 44.2 Å². The lowest BCUT2D eigenvalue weighted by Gasteiger charge is -2.35. The zero-order chi connectivity index (χ0) is 28.0. The maximum absolute atomic E-state index is 14.1. The van der Waals surface area contributed by atoms with Crippen LogP contribution in [0.1, 0.15) is 43.6 Å². The summed E-state index contributed by atoms with van der Waals surface area (Å²) in [6.45, 7) is 0. The second-order valence-corrected chi connectivity index (χ2v) is 12.6. The molecule has 0 unspecified atom stereocenters. The van der Waals surface area contributed by atoms with Gasteiger partial charge in [0.2, 0.25) is 0 Å². The van der Waals surface area contributed by atoms with Crippen LogP contribution in [0.4, 0.5) is 39.5 Å². The van der Waals surface area contributed by atoms with Crippen LogP contribution in [-0.2, 0) is 30.2 Å². The first-order valence-electron chi connectivity index (χ1n) is 9.48. The van der Waals surface area contributed by atoms with Gasteiger partial charge in [0, 0.05) is 0 Å². The highest BCUT2D eigenvalue weighted by Gasteiger charge is 2.81. The highest BCUT2D eigenvalue weighted by molar-refractivity contribution is 8.13. The summed E-state index contributed by atoms with van der Waals surface area (Å²) in [6, 6.07) is 3.85. The first-order chi connectivity index (χ1) is 16.0. The first-order valence-corrected chi connectivity index (χ1v) is 13.8. The van der Waals surface area contributed by atoms with Gasteiger partial charge in [0.1, 0.15) is 5.75 Å². The van der Waals surface area contributed by atoms with Crippen LogP contribution >= 0.6 is 0 Å². The summed E-state index contributed by atoms with van der Waals surface area (Å²) < 4.78 is 192. The minimum atomic E-state index is -7.96. The molecule has 1 saturated carbocycles. The molecule has 2 rings (SSSR count). The molecule has 0 spiro atoms. The van der Waals surface area contributed by atoms with Crippen LogP contribution in [0.15, 0.2) is 24.3 Å².